The van der Waals surface area contributed by atoms with Crippen molar-refractivity contribution in [3.8, 4) is 0 Å². The molecule has 0 aromatic carbocycles. The van der Waals surface area contributed by atoms with Gasteiger partial charge in [0.25, 0.3) is 0 Å². The van der Waals surface area contributed by atoms with Gasteiger partial charge >= 0.3 is 5.97 Å². The average Bonchev–Trinajstić information content (AvgIpc) is 2.28. The zero-order chi connectivity index (χ0) is 13.7. The number of hydrogen-bond donors (Lipinski definition) is 2. The summed E-state index contributed by atoms with van der Waals surface area (Å²) in [6, 6.07) is 3.51. The van der Waals surface area contributed by atoms with Crippen LogP contribution >= 0.6 is 0 Å². The van der Waals surface area contributed by atoms with Crippen LogP contribution in [0, 0.1) is 5.92 Å². The highest BCUT2D eigenvalue weighted by atomic mass is 16.4. The normalized spacial score (nSPS) is 12.5. The molecule has 18 heavy (non-hydrogen) atoms. The van der Waals surface area contributed by atoms with Crippen molar-refractivity contribution in [1.29, 1.82) is 0 Å². The van der Waals surface area contributed by atoms with E-state index in [4.69, 9.17) is 5.11 Å². The van der Waals surface area contributed by atoms with E-state index >= 15 is 0 Å². The quantitative estimate of drug-likeness (QED) is 0.814. The van der Waals surface area contributed by atoms with Gasteiger partial charge in [0.15, 0.2) is 0 Å². The van der Waals surface area contributed by atoms with Crippen molar-refractivity contribution in [3.05, 3.63) is 23.4 Å². The maximum absolute atomic E-state index is 11.1. The number of nitrogens with zero attached hydrogens (tertiary/aromatic N) is 1. The maximum atomic E-state index is 11.1. The second-order valence-electron chi connectivity index (χ2n) is 4.96. The lowest BCUT2D eigenvalue weighted by Gasteiger charge is -2.18. The Kier molecular flexibility index (Phi) is 5.13. The molecule has 1 heterocycles. The third-order valence-electron chi connectivity index (χ3n) is 3.01. The van der Waals surface area contributed by atoms with Gasteiger partial charge in [-0.05, 0) is 31.4 Å². The fraction of sp³-hybridized carbons (Fsp3) is 0.571. The molecule has 1 unspecified atom stereocenters. The predicted molar refractivity (Wildman–Crippen MR) is 73.1 cm³/mol. The van der Waals surface area contributed by atoms with E-state index in [0.29, 0.717) is 17.3 Å². The lowest BCUT2D eigenvalue weighted by atomic mass is 10.1. The molecule has 0 saturated carbocycles. The summed E-state index contributed by atoms with van der Waals surface area (Å²) in [7, 11) is 0. The number of aromatic nitrogens is 1. The van der Waals surface area contributed by atoms with Gasteiger partial charge in [-0.1, -0.05) is 27.2 Å². The summed E-state index contributed by atoms with van der Waals surface area (Å²) >= 11 is 0. The number of carbonyl (C=O) groups is 1. The Morgan fingerprint density at radius 1 is 1.39 bits per heavy atom. The molecule has 1 aromatic rings. The minimum atomic E-state index is -0.907. The van der Waals surface area contributed by atoms with Crippen molar-refractivity contribution < 1.29 is 9.90 Å². The molecule has 0 bridgehead atoms. The molecule has 0 radical (unpaired) electrons. The third kappa shape index (κ3) is 4.02. The number of aryl methyl sites for hydroxylation is 1. The van der Waals surface area contributed by atoms with Crippen molar-refractivity contribution >= 4 is 11.8 Å². The maximum Gasteiger partial charge on any atom is 0.335 e. The highest BCUT2D eigenvalue weighted by molar-refractivity contribution is 5.88. The summed E-state index contributed by atoms with van der Waals surface area (Å²) in [5.74, 6) is 0.212. The van der Waals surface area contributed by atoms with Crippen LogP contribution in [0.15, 0.2) is 12.1 Å². The zero-order valence-electron chi connectivity index (χ0n) is 11.5. The fourth-order valence-corrected chi connectivity index (χ4v) is 1.57. The summed E-state index contributed by atoms with van der Waals surface area (Å²) in [4.78, 5) is 15.5. The molecule has 0 aliphatic rings. The van der Waals surface area contributed by atoms with Crippen molar-refractivity contribution in [1.82, 2.24) is 4.98 Å². The summed E-state index contributed by atoms with van der Waals surface area (Å²) in [5, 5.41) is 12.4. The van der Waals surface area contributed by atoms with Gasteiger partial charge in [-0.2, -0.15) is 0 Å². The molecule has 1 rings (SSSR count). The number of nitrogens with one attached hydrogen (secondary N) is 1. The van der Waals surface area contributed by atoms with Crippen LogP contribution in [0.5, 0.6) is 0 Å². The smallest absolute Gasteiger partial charge is 0.335 e. The molecule has 0 fully saturated rings. The lowest BCUT2D eigenvalue weighted by Crippen LogP contribution is -2.22. The third-order valence-corrected chi connectivity index (χ3v) is 3.01. The first-order valence-electron chi connectivity index (χ1n) is 6.44. The topological polar surface area (TPSA) is 62.2 Å². The predicted octanol–water partition coefficient (Wildman–Crippen LogP) is 3.19. The average molecular weight is 250 g/mol. The van der Waals surface area contributed by atoms with Crippen LogP contribution in [0.1, 0.15) is 50.2 Å². The van der Waals surface area contributed by atoms with Crippen molar-refractivity contribution in [3.63, 3.8) is 0 Å². The first kappa shape index (κ1) is 14.5. The molecule has 0 spiro atoms. The van der Waals surface area contributed by atoms with Gasteiger partial charge in [-0.3, -0.25) is 0 Å². The minimum absolute atomic E-state index is 0.260. The Morgan fingerprint density at radius 3 is 2.56 bits per heavy atom. The van der Waals surface area contributed by atoms with Gasteiger partial charge in [-0.15, -0.1) is 0 Å². The second kappa shape index (κ2) is 6.38. The van der Waals surface area contributed by atoms with E-state index in [1.165, 1.54) is 0 Å². The molecule has 4 heteroatoms. The highest BCUT2D eigenvalue weighted by Gasteiger charge is 2.11. The number of anilines is 1. The molecule has 1 aromatic heterocycles. The Balaban J connectivity index is 2.99. The number of rotatable bonds is 6. The summed E-state index contributed by atoms with van der Waals surface area (Å²) < 4.78 is 0. The molecule has 0 aliphatic carbocycles. The molecule has 0 aliphatic heterocycles. The SMILES string of the molecule is CCCc1cc(C(=O)O)cc(NC(C)C(C)C)n1. The van der Waals surface area contributed by atoms with Crippen LogP contribution in [0.2, 0.25) is 0 Å². The number of pyridine rings is 1. The minimum Gasteiger partial charge on any atom is -0.478 e. The van der Waals surface area contributed by atoms with E-state index in [1.54, 1.807) is 12.1 Å². The van der Waals surface area contributed by atoms with Crippen molar-refractivity contribution in [2.75, 3.05) is 5.32 Å². The Morgan fingerprint density at radius 2 is 2.06 bits per heavy atom. The van der Waals surface area contributed by atoms with Crippen molar-refractivity contribution in [2.24, 2.45) is 5.92 Å². The van der Waals surface area contributed by atoms with Crippen LogP contribution < -0.4 is 5.32 Å². The van der Waals surface area contributed by atoms with E-state index in [1.807, 2.05) is 0 Å². The number of aromatic carboxylic acids is 1. The molecular weight excluding hydrogens is 228 g/mol. The highest BCUT2D eigenvalue weighted by Crippen LogP contribution is 2.15. The van der Waals surface area contributed by atoms with E-state index in [9.17, 15) is 4.79 Å². The van der Waals surface area contributed by atoms with Gasteiger partial charge in [0.2, 0.25) is 0 Å². The molecule has 100 valence electrons. The van der Waals surface area contributed by atoms with Gasteiger partial charge < -0.3 is 10.4 Å². The van der Waals surface area contributed by atoms with Crippen LogP contribution in [0.25, 0.3) is 0 Å². The Labute approximate surface area is 108 Å². The van der Waals surface area contributed by atoms with Gasteiger partial charge in [0, 0.05) is 11.7 Å². The summed E-state index contributed by atoms with van der Waals surface area (Å²) in [6.45, 7) is 8.36. The Hall–Kier alpha value is -1.58. The van der Waals surface area contributed by atoms with Gasteiger partial charge in [-0.25, -0.2) is 9.78 Å². The number of carboxylic acid groups (broad SMARTS) is 1. The molecule has 0 saturated heterocycles. The van der Waals surface area contributed by atoms with E-state index in [-0.39, 0.29) is 6.04 Å². The molecular formula is C14H22N2O2. The fourth-order valence-electron chi connectivity index (χ4n) is 1.57. The molecule has 2 N–H and O–H groups in total. The molecule has 4 nitrogen and oxygen atoms in total. The lowest BCUT2D eigenvalue weighted by molar-refractivity contribution is 0.0696. The zero-order valence-corrected chi connectivity index (χ0v) is 11.5. The van der Waals surface area contributed by atoms with E-state index < -0.39 is 5.97 Å². The molecule has 0 amide bonds. The number of hydrogen-bond acceptors (Lipinski definition) is 3. The molecule has 1 atom stereocenters. The summed E-state index contributed by atoms with van der Waals surface area (Å²) in [6.07, 6.45) is 1.75. The van der Waals surface area contributed by atoms with Crippen LogP contribution in [0.4, 0.5) is 5.82 Å². The first-order valence-corrected chi connectivity index (χ1v) is 6.44. The Bertz CT molecular complexity index is 416. The number of carboxylic acids is 1. The van der Waals surface area contributed by atoms with Crippen LogP contribution in [0.3, 0.4) is 0 Å². The van der Waals surface area contributed by atoms with E-state index in [2.05, 4.69) is 38.0 Å². The largest absolute Gasteiger partial charge is 0.478 e. The van der Waals surface area contributed by atoms with Gasteiger partial charge in [0.05, 0.1) is 5.56 Å². The monoisotopic (exact) mass is 250 g/mol. The second-order valence-corrected chi connectivity index (χ2v) is 4.96. The van der Waals surface area contributed by atoms with Crippen LogP contribution in [-0.4, -0.2) is 22.1 Å². The van der Waals surface area contributed by atoms with Gasteiger partial charge in [0.1, 0.15) is 5.82 Å². The van der Waals surface area contributed by atoms with Crippen LogP contribution in [-0.2, 0) is 6.42 Å². The standard InChI is InChI=1S/C14H22N2O2/c1-5-6-12-7-11(14(17)18)8-13(16-12)15-10(4)9(2)3/h7-10H,5-6H2,1-4H3,(H,15,16)(H,17,18). The van der Waals surface area contributed by atoms with Crippen molar-refractivity contribution in [2.45, 2.75) is 46.6 Å². The van der Waals surface area contributed by atoms with E-state index in [0.717, 1.165) is 18.5 Å². The first-order chi connectivity index (χ1) is 8.43. The summed E-state index contributed by atoms with van der Waals surface area (Å²) in [5.41, 5.74) is 1.13.